The molecule has 7 nitrogen and oxygen atoms in total. The molecule has 1 aliphatic heterocycles. The fourth-order valence-electron chi connectivity index (χ4n) is 3.73. The van der Waals surface area contributed by atoms with E-state index < -0.39 is 12.0 Å². The molecule has 0 radical (unpaired) electrons. The number of carbonyl (C=O) groups is 2. The topological polar surface area (TPSA) is 99.2 Å². The van der Waals surface area contributed by atoms with E-state index in [0.29, 0.717) is 24.0 Å². The predicted octanol–water partition coefficient (Wildman–Crippen LogP) is 0.900. The molecule has 2 heterocycles. The highest BCUT2D eigenvalue weighted by molar-refractivity contribution is 5.85. The van der Waals surface area contributed by atoms with Crippen molar-refractivity contribution in [2.24, 2.45) is 5.92 Å². The van der Waals surface area contributed by atoms with Crippen LogP contribution in [0.4, 0.5) is 0 Å². The number of aromatic nitrogens is 3. The van der Waals surface area contributed by atoms with E-state index in [9.17, 15) is 14.7 Å². The van der Waals surface area contributed by atoms with Crippen LogP contribution < -0.4 is 0 Å². The third kappa shape index (κ3) is 2.64. The first-order valence-corrected chi connectivity index (χ1v) is 7.48. The normalized spacial score (nSPS) is 28.4. The number of hydrogen-bond acceptors (Lipinski definition) is 4. The molecule has 1 saturated carbocycles. The van der Waals surface area contributed by atoms with E-state index in [4.69, 9.17) is 0 Å². The maximum Gasteiger partial charge on any atom is 0.326 e. The molecule has 1 aromatic rings. The van der Waals surface area contributed by atoms with Crippen molar-refractivity contribution in [2.75, 3.05) is 0 Å². The first kappa shape index (κ1) is 14.0. The molecule has 2 N–H and O–H groups in total. The van der Waals surface area contributed by atoms with Crippen LogP contribution in [-0.4, -0.2) is 49.1 Å². The highest BCUT2D eigenvalue weighted by Crippen LogP contribution is 2.40. The molecular formula is C14H20N4O3. The van der Waals surface area contributed by atoms with Gasteiger partial charge in [-0.2, -0.15) is 5.10 Å². The molecule has 114 valence electrons. The fraction of sp³-hybridized carbons (Fsp3) is 0.714. The second kappa shape index (κ2) is 5.46. The zero-order chi connectivity index (χ0) is 15.0. The lowest BCUT2D eigenvalue weighted by Crippen LogP contribution is -2.47. The molecule has 21 heavy (non-hydrogen) atoms. The number of amides is 1. The molecule has 3 rings (SSSR count). The van der Waals surface area contributed by atoms with Crippen LogP contribution in [0, 0.1) is 12.8 Å². The van der Waals surface area contributed by atoms with Gasteiger partial charge >= 0.3 is 5.97 Å². The van der Waals surface area contributed by atoms with Crippen LogP contribution in [0.15, 0.2) is 0 Å². The van der Waals surface area contributed by atoms with Gasteiger partial charge in [0.25, 0.3) is 0 Å². The zero-order valence-electron chi connectivity index (χ0n) is 12.1. The Hall–Kier alpha value is -1.92. The van der Waals surface area contributed by atoms with Crippen LogP contribution >= 0.6 is 0 Å². The molecule has 2 aliphatic rings. The Morgan fingerprint density at radius 3 is 2.81 bits per heavy atom. The number of aromatic amines is 1. The molecule has 2 fully saturated rings. The minimum Gasteiger partial charge on any atom is -0.480 e. The van der Waals surface area contributed by atoms with E-state index in [1.54, 1.807) is 11.8 Å². The molecule has 7 heteroatoms. The SMILES string of the molecule is Cc1nc(CC(=O)N2C(C(=O)O)CC3CCCCC32)n[nH]1. The highest BCUT2D eigenvalue weighted by atomic mass is 16.4. The second-order valence-electron chi connectivity index (χ2n) is 6.02. The van der Waals surface area contributed by atoms with Gasteiger partial charge < -0.3 is 10.0 Å². The van der Waals surface area contributed by atoms with Crippen molar-refractivity contribution >= 4 is 11.9 Å². The maximum absolute atomic E-state index is 12.6. The van der Waals surface area contributed by atoms with Gasteiger partial charge in [-0.05, 0) is 32.1 Å². The number of aryl methyl sites for hydroxylation is 1. The summed E-state index contributed by atoms with van der Waals surface area (Å²) in [4.78, 5) is 29.8. The molecule has 1 aromatic heterocycles. The molecule has 1 aliphatic carbocycles. The molecule has 1 saturated heterocycles. The summed E-state index contributed by atoms with van der Waals surface area (Å²) < 4.78 is 0. The van der Waals surface area contributed by atoms with Crippen LogP contribution in [0.25, 0.3) is 0 Å². The number of carbonyl (C=O) groups excluding carboxylic acids is 1. The summed E-state index contributed by atoms with van der Waals surface area (Å²) in [6.45, 7) is 1.77. The molecule has 3 atom stereocenters. The number of likely N-dealkylation sites (tertiary alicyclic amines) is 1. The lowest BCUT2D eigenvalue weighted by Gasteiger charge is -2.32. The van der Waals surface area contributed by atoms with Crippen molar-refractivity contribution in [3.05, 3.63) is 11.6 Å². The fourth-order valence-corrected chi connectivity index (χ4v) is 3.73. The average Bonchev–Trinajstić information content (AvgIpc) is 3.02. The standard InChI is InChI=1S/C14H20N4O3/c1-8-15-12(17-16-8)7-13(19)18-10-5-3-2-4-9(10)6-11(18)14(20)21/h9-11H,2-7H2,1H3,(H,20,21)(H,15,16,17). The van der Waals surface area contributed by atoms with Gasteiger partial charge in [0.15, 0.2) is 5.82 Å². The van der Waals surface area contributed by atoms with E-state index >= 15 is 0 Å². The summed E-state index contributed by atoms with van der Waals surface area (Å²) in [7, 11) is 0. The van der Waals surface area contributed by atoms with Crippen LogP contribution in [0.5, 0.6) is 0 Å². The Bertz CT molecular complexity index is 556. The molecule has 3 unspecified atom stereocenters. The molecule has 0 aromatic carbocycles. The van der Waals surface area contributed by atoms with Crippen LogP contribution in [-0.2, 0) is 16.0 Å². The summed E-state index contributed by atoms with van der Waals surface area (Å²) in [5, 5.41) is 16.1. The number of aliphatic carboxylic acids is 1. The molecular weight excluding hydrogens is 272 g/mol. The molecule has 1 amide bonds. The average molecular weight is 292 g/mol. The van der Waals surface area contributed by atoms with Gasteiger partial charge in [0.05, 0.1) is 6.42 Å². The Balaban J connectivity index is 1.79. The lowest BCUT2D eigenvalue weighted by molar-refractivity contribution is -0.149. The number of rotatable bonds is 3. The Morgan fingerprint density at radius 2 is 2.14 bits per heavy atom. The minimum atomic E-state index is -0.899. The number of carboxylic acid groups (broad SMARTS) is 1. The molecule has 0 spiro atoms. The largest absolute Gasteiger partial charge is 0.480 e. The van der Waals surface area contributed by atoms with Crippen molar-refractivity contribution in [1.82, 2.24) is 20.1 Å². The number of hydrogen-bond donors (Lipinski definition) is 2. The van der Waals surface area contributed by atoms with Crippen molar-refractivity contribution < 1.29 is 14.7 Å². The first-order chi connectivity index (χ1) is 10.1. The summed E-state index contributed by atoms with van der Waals surface area (Å²) in [5.41, 5.74) is 0. The second-order valence-corrected chi connectivity index (χ2v) is 6.02. The van der Waals surface area contributed by atoms with Gasteiger partial charge in [-0.25, -0.2) is 9.78 Å². The van der Waals surface area contributed by atoms with E-state index in [1.165, 1.54) is 0 Å². The molecule has 0 bridgehead atoms. The van der Waals surface area contributed by atoms with Gasteiger partial charge in [0.1, 0.15) is 11.9 Å². The Kier molecular flexibility index (Phi) is 3.65. The predicted molar refractivity (Wildman–Crippen MR) is 73.5 cm³/mol. The van der Waals surface area contributed by atoms with Gasteiger partial charge in [-0.3, -0.25) is 9.89 Å². The van der Waals surface area contributed by atoms with Crippen molar-refractivity contribution in [2.45, 2.75) is 57.5 Å². The third-order valence-electron chi connectivity index (χ3n) is 4.61. The summed E-state index contributed by atoms with van der Waals surface area (Å²) >= 11 is 0. The number of H-pyrrole nitrogens is 1. The number of nitrogens with zero attached hydrogens (tertiary/aromatic N) is 3. The number of carboxylic acids is 1. The summed E-state index contributed by atoms with van der Waals surface area (Å²) in [6.07, 6.45) is 4.79. The van der Waals surface area contributed by atoms with Gasteiger partial charge in [0, 0.05) is 6.04 Å². The van der Waals surface area contributed by atoms with Crippen LogP contribution in [0.3, 0.4) is 0 Å². The van der Waals surface area contributed by atoms with Gasteiger partial charge in [-0.15, -0.1) is 0 Å². The Labute approximate surface area is 122 Å². The van der Waals surface area contributed by atoms with E-state index in [1.807, 2.05) is 0 Å². The van der Waals surface area contributed by atoms with E-state index in [-0.39, 0.29) is 18.4 Å². The monoisotopic (exact) mass is 292 g/mol. The zero-order valence-corrected chi connectivity index (χ0v) is 12.1. The maximum atomic E-state index is 12.6. The van der Waals surface area contributed by atoms with Crippen molar-refractivity contribution in [1.29, 1.82) is 0 Å². The minimum absolute atomic E-state index is 0.0668. The first-order valence-electron chi connectivity index (χ1n) is 7.48. The van der Waals surface area contributed by atoms with Gasteiger partial charge in [0.2, 0.25) is 5.91 Å². The van der Waals surface area contributed by atoms with Crippen LogP contribution in [0.2, 0.25) is 0 Å². The van der Waals surface area contributed by atoms with E-state index in [0.717, 1.165) is 25.7 Å². The third-order valence-corrected chi connectivity index (χ3v) is 4.61. The Morgan fingerprint density at radius 1 is 1.38 bits per heavy atom. The summed E-state index contributed by atoms with van der Waals surface area (Å²) in [5.74, 6) is 0.350. The van der Waals surface area contributed by atoms with Gasteiger partial charge in [-0.1, -0.05) is 12.8 Å². The summed E-state index contributed by atoms with van der Waals surface area (Å²) in [6, 6.07) is -0.613. The van der Waals surface area contributed by atoms with Crippen molar-refractivity contribution in [3.8, 4) is 0 Å². The highest BCUT2D eigenvalue weighted by Gasteiger charge is 2.47. The lowest BCUT2D eigenvalue weighted by atomic mass is 9.84. The van der Waals surface area contributed by atoms with E-state index in [2.05, 4.69) is 15.2 Å². The number of nitrogens with one attached hydrogen (secondary N) is 1. The van der Waals surface area contributed by atoms with Crippen molar-refractivity contribution in [3.63, 3.8) is 0 Å². The number of fused-ring (bicyclic) bond motifs is 1. The quantitative estimate of drug-likeness (QED) is 0.862. The smallest absolute Gasteiger partial charge is 0.326 e. The van der Waals surface area contributed by atoms with Crippen LogP contribution in [0.1, 0.15) is 43.8 Å².